The topological polar surface area (TPSA) is 118 Å². The van der Waals surface area contributed by atoms with Crippen molar-refractivity contribution in [1.29, 1.82) is 0 Å². The molecular formula is C16H8BN2O6S2. The zero-order chi connectivity index (χ0) is 19.8. The summed E-state index contributed by atoms with van der Waals surface area (Å²) in [5.74, 6) is -2.13. The second kappa shape index (κ2) is 9.37. The molecule has 8 nitrogen and oxygen atoms in total. The Morgan fingerprint density at radius 3 is 1.56 bits per heavy atom. The maximum absolute atomic E-state index is 11.1. The lowest BCUT2D eigenvalue weighted by molar-refractivity contribution is 0.0686. The molecule has 0 spiro atoms. The van der Waals surface area contributed by atoms with Gasteiger partial charge in [0.15, 0.2) is 0 Å². The minimum atomic E-state index is -1.18. The average molecular weight is 399 g/mol. The lowest BCUT2D eigenvalue weighted by atomic mass is 10.1. The number of carboxylic acid groups (broad SMARTS) is 2. The second-order valence-corrected chi connectivity index (χ2v) is 5.14. The van der Waals surface area contributed by atoms with Gasteiger partial charge in [-0.25, -0.2) is 9.59 Å². The fourth-order valence-corrected chi connectivity index (χ4v) is 2.13. The lowest BCUT2D eigenvalue weighted by Crippen LogP contribution is -2.12. The van der Waals surface area contributed by atoms with Crippen LogP contribution in [0.25, 0.3) is 0 Å². The Morgan fingerprint density at radius 2 is 1.22 bits per heavy atom. The van der Waals surface area contributed by atoms with Gasteiger partial charge in [-0.3, -0.25) is 0 Å². The Hall–Kier alpha value is -3.36. The lowest BCUT2D eigenvalue weighted by Gasteiger charge is -2.09. The van der Waals surface area contributed by atoms with E-state index in [1.807, 2.05) is 0 Å². The molecule has 2 aromatic carbocycles. The Morgan fingerprint density at radius 1 is 0.815 bits per heavy atom. The zero-order valence-corrected chi connectivity index (χ0v) is 14.9. The minimum absolute atomic E-state index is 0.0737. The number of thiocarbonyl (C=S) groups is 2. The number of isothiocyanates is 2. The minimum Gasteiger partial charge on any atom is -0.526 e. The molecule has 11 heteroatoms. The largest absolute Gasteiger partial charge is 0.658 e. The molecule has 0 aliphatic carbocycles. The SMILES string of the molecule is O=C(O)c1cc(N=C=S)cc(O[B]Oc2cc(N=C=S)cc(C(=O)O)c2)c1. The van der Waals surface area contributed by atoms with E-state index in [9.17, 15) is 9.59 Å². The van der Waals surface area contributed by atoms with Gasteiger partial charge >= 0.3 is 19.6 Å². The van der Waals surface area contributed by atoms with Crippen molar-refractivity contribution >= 4 is 65.8 Å². The fourth-order valence-electron chi connectivity index (χ4n) is 1.92. The summed E-state index contributed by atoms with van der Waals surface area (Å²) in [6.07, 6.45) is 0. The molecule has 27 heavy (non-hydrogen) atoms. The maximum atomic E-state index is 11.1. The molecule has 133 valence electrons. The molecule has 2 rings (SSSR count). The summed E-state index contributed by atoms with van der Waals surface area (Å²) in [6, 6.07) is 7.92. The molecule has 0 amide bonds. The summed E-state index contributed by atoms with van der Waals surface area (Å²) < 4.78 is 10.5. The molecule has 0 heterocycles. The highest BCUT2D eigenvalue weighted by Gasteiger charge is 2.12. The van der Waals surface area contributed by atoms with Crippen molar-refractivity contribution < 1.29 is 29.1 Å². The summed E-state index contributed by atoms with van der Waals surface area (Å²) in [7, 11) is 0.901. The van der Waals surface area contributed by atoms with Gasteiger partial charge in [0.25, 0.3) is 0 Å². The molecule has 2 aromatic rings. The smallest absolute Gasteiger partial charge is 0.526 e. The first-order chi connectivity index (χ1) is 12.9. The van der Waals surface area contributed by atoms with Gasteiger partial charge in [0, 0.05) is 12.1 Å². The summed E-state index contributed by atoms with van der Waals surface area (Å²) >= 11 is 9.00. The number of aromatic carboxylic acids is 2. The highest BCUT2D eigenvalue weighted by atomic mass is 32.1. The van der Waals surface area contributed by atoms with E-state index in [0.29, 0.717) is 0 Å². The van der Waals surface area contributed by atoms with Crippen LogP contribution in [-0.2, 0) is 0 Å². The van der Waals surface area contributed by atoms with Crippen LogP contribution >= 0.6 is 24.4 Å². The quantitative estimate of drug-likeness (QED) is 0.393. The molecule has 0 unspecified atom stereocenters. The van der Waals surface area contributed by atoms with Crippen molar-refractivity contribution in [3.05, 3.63) is 47.5 Å². The van der Waals surface area contributed by atoms with Crippen LogP contribution in [0.3, 0.4) is 0 Å². The van der Waals surface area contributed by atoms with E-state index < -0.39 is 11.9 Å². The maximum Gasteiger partial charge on any atom is 0.658 e. The molecular weight excluding hydrogens is 391 g/mol. The molecule has 2 N–H and O–H groups in total. The number of aliphatic imine (C=N–C) groups is 2. The highest BCUT2D eigenvalue weighted by Crippen LogP contribution is 2.25. The molecule has 1 radical (unpaired) electrons. The summed E-state index contributed by atoms with van der Waals surface area (Å²) in [5.41, 5.74) is 0.323. The van der Waals surface area contributed by atoms with Crippen LogP contribution in [-0.4, -0.2) is 40.2 Å². The number of benzene rings is 2. The van der Waals surface area contributed by atoms with Crippen LogP contribution < -0.4 is 9.31 Å². The first kappa shape index (κ1) is 20.0. The van der Waals surface area contributed by atoms with Gasteiger partial charge in [-0.05, 0) is 48.7 Å². The van der Waals surface area contributed by atoms with Crippen LogP contribution in [0.15, 0.2) is 46.4 Å². The van der Waals surface area contributed by atoms with Gasteiger partial charge < -0.3 is 19.5 Å². The number of nitrogens with zero attached hydrogens (tertiary/aromatic N) is 2. The van der Waals surface area contributed by atoms with E-state index in [1.165, 1.54) is 36.4 Å². The summed E-state index contributed by atoms with van der Waals surface area (Å²) in [5, 5.41) is 22.5. The monoisotopic (exact) mass is 399 g/mol. The average Bonchev–Trinajstić information content (AvgIpc) is 2.62. The van der Waals surface area contributed by atoms with Crippen molar-refractivity contribution in [2.75, 3.05) is 0 Å². The van der Waals surface area contributed by atoms with E-state index in [0.717, 1.165) is 7.69 Å². The number of hydrogen-bond acceptors (Lipinski definition) is 8. The number of carboxylic acids is 2. The Bertz CT molecular complexity index is 880. The van der Waals surface area contributed by atoms with E-state index in [-0.39, 0.29) is 34.0 Å². The van der Waals surface area contributed by atoms with Gasteiger partial charge in [-0.1, -0.05) is 0 Å². The molecule has 0 bridgehead atoms. The van der Waals surface area contributed by atoms with Crippen molar-refractivity contribution in [3.63, 3.8) is 0 Å². The van der Waals surface area contributed by atoms with Crippen molar-refractivity contribution in [2.24, 2.45) is 9.98 Å². The summed E-state index contributed by atoms with van der Waals surface area (Å²) in [4.78, 5) is 29.7. The third-order valence-corrected chi connectivity index (χ3v) is 3.18. The second-order valence-electron chi connectivity index (χ2n) is 4.78. The molecule has 0 saturated heterocycles. The van der Waals surface area contributed by atoms with E-state index >= 15 is 0 Å². The van der Waals surface area contributed by atoms with Crippen LogP contribution in [0.5, 0.6) is 11.5 Å². The van der Waals surface area contributed by atoms with E-state index in [2.05, 4.69) is 44.7 Å². The fraction of sp³-hybridized carbons (Fsp3) is 0. The van der Waals surface area contributed by atoms with Crippen LogP contribution in [0.2, 0.25) is 0 Å². The third-order valence-electron chi connectivity index (χ3n) is 2.99. The zero-order valence-electron chi connectivity index (χ0n) is 13.3. The van der Waals surface area contributed by atoms with E-state index in [4.69, 9.17) is 19.5 Å². The van der Waals surface area contributed by atoms with Crippen molar-refractivity contribution in [3.8, 4) is 11.5 Å². The van der Waals surface area contributed by atoms with Gasteiger partial charge in [0.1, 0.15) is 11.5 Å². The predicted molar refractivity (Wildman–Crippen MR) is 103 cm³/mol. The molecule has 0 saturated carbocycles. The normalized spacial score (nSPS) is 9.33. The van der Waals surface area contributed by atoms with Gasteiger partial charge in [0.05, 0.1) is 32.8 Å². The van der Waals surface area contributed by atoms with Gasteiger partial charge in [-0.15, -0.1) is 0 Å². The van der Waals surface area contributed by atoms with Crippen molar-refractivity contribution in [1.82, 2.24) is 0 Å². The van der Waals surface area contributed by atoms with Gasteiger partial charge in [-0.2, -0.15) is 9.98 Å². The molecule has 0 aliphatic heterocycles. The standard InChI is InChI=1S/C16H8BN2O6S2/c20-15(21)9-1-11(18-7-26)5-13(3-9)24-17-25-14-4-10(16(22)23)2-12(6-14)19-8-27/h1-6H,(H,20,21)(H,22,23). The number of hydrogen-bond donors (Lipinski definition) is 2. The summed E-state index contributed by atoms with van der Waals surface area (Å²) in [6.45, 7) is 0. The van der Waals surface area contributed by atoms with E-state index in [1.54, 1.807) is 0 Å². The Kier molecular flexibility index (Phi) is 6.93. The van der Waals surface area contributed by atoms with Crippen LogP contribution in [0.4, 0.5) is 11.4 Å². The first-order valence-corrected chi connectivity index (χ1v) is 7.82. The van der Waals surface area contributed by atoms with Gasteiger partial charge in [0.2, 0.25) is 0 Å². The number of rotatable bonds is 8. The molecule has 0 fully saturated rings. The van der Waals surface area contributed by atoms with Crippen LogP contribution in [0, 0.1) is 0 Å². The first-order valence-electron chi connectivity index (χ1n) is 7.00. The Labute approximate surface area is 164 Å². The highest BCUT2D eigenvalue weighted by molar-refractivity contribution is 7.78. The Balaban J connectivity index is 2.18. The number of carbonyl (C=O) groups is 2. The molecule has 0 aliphatic rings. The molecule has 0 aromatic heterocycles. The predicted octanol–water partition coefficient (Wildman–Crippen LogP) is 3.54. The molecule has 0 atom stereocenters. The van der Waals surface area contributed by atoms with Crippen molar-refractivity contribution in [2.45, 2.75) is 0 Å². The van der Waals surface area contributed by atoms with Crippen LogP contribution in [0.1, 0.15) is 20.7 Å². The third kappa shape index (κ3) is 5.84.